The second kappa shape index (κ2) is 6.85. The molecule has 2 rings (SSSR count). The van der Waals surface area contributed by atoms with Gasteiger partial charge in [0.25, 0.3) is 5.56 Å². The normalized spacial score (nSPS) is 11.5. The standard InChI is InChI=1S/C15H19N3O3S/c1-12-4-3-5-14(8-12)10-22(20,21)17-6-7-18-11-16-9-13(2)15(18)19/h3-5,8-9,11,17H,6-7,10H2,1-2H3. The van der Waals surface area contributed by atoms with Gasteiger partial charge in [-0.25, -0.2) is 18.1 Å². The minimum atomic E-state index is -3.43. The van der Waals surface area contributed by atoms with Crippen LogP contribution >= 0.6 is 0 Å². The van der Waals surface area contributed by atoms with Gasteiger partial charge in [0.2, 0.25) is 10.0 Å². The lowest BCUT2D eigenvalue weighted by atomic mass is 10.2. The summed E-state index contributed by atoms with van der Waals surface area (Å²) < 4.78 is 28.0. The molecule has 0 saturated heterocycles. The molecule has 0 aliphatic rings. The van der Waals surface area contributed by atoms with Crippen LogP contribution < -0.4 is 10.3 Å². The lowest BCUT2D eigenvalue weighted by Crippen LogP contribution is -2.32. The number of hydrogen-bond donors (Lipinski definition) is 1. The van der Waals surface area contributed by atoms with E-state index in [0.29, 0.717) is 5.56 Å². The third-order valence-electron chi connectivity index (χ3n) is 3.19. The molecule has 0 saturated carbocycles. The van der Waals surface area contributed by atoms with Crippen molar-refractivity contribution < 1.29 is 8.42 Å². The Hall–Kier alpha value is -1.99. The van der Waals surface area contributed by atoms with Crippen molar-refractivity contribution in [1.29, 1.82) is 0 Å². The maximum Gasteiger partial charge on any atom is 0.256 e. The number of sulfonamides is 1. The molecule has 0 amide bonds. The third-order valence-corrected chi connectivity index (χ3v) is 4.54. The zero-order valence-electron chi connectivity index (χ0n) is 12.6. The van der Waals surface area contributed by atoms with Crippen LogP contribution in [0.1, 0.15) is 16.7 Å². The average Bonchev–Trinajstić information content (AvgIpc) is 2.43. The molecule has 1 aromatic heterocycles. The van der Waals surface area contributed by atoms with Crippen molar-refractivity contribution >= 4 is 10.0 Å². The largest absolute Gasteiger partial charge is 0.298 e. The van der Waals surface area contributed by atoms with Gasteiger partial charge in [-0.3, -0.25) is 9.36 Å². The molecule has 1 aromatic carbocycles. The van der Waals surface area contributed by atoms with Crippen molar-refractivity contribution in [2.24, 2.45) is 0 Å². The third kappa shape index (κ3) is 4.51. The summed E-state index contributed by atoms with van der Waals surface area (Å²) in [6, 6.07) is 7.37. The van der Waals surface area contributed by atoms with Gasteiger partial charge in [-0.05, 0) is 19.4 Å². The quantitative estimate of drug-likeness (QED) is 0.860. The molecule has 2 aromatic rings. The molecule has 0 fully saturated rings. The number of aromatic nitrogens is 2. The lowest BCUT2D eigenvalue weighted by molar-refractivity contribution is 0.567. The molecule has 6 nitrogen and oxygen atoms in total. The highest BCUT2D eigenvalue weighted by molar-refractivity contribution is 7.88. The maximum absolute atomic E-state index is 12.0. The van der Waals surface area contributed by atoms with Crippen LogP contribution in [0.4, 0.5) is 0 Å². The fraction of sp³-hybridized carbons (Fsp3) is 0.333. The van der Waals surface area contributed by atoms with Crippen LogP contribution in [-0.2, 0) is 22.3 Å². The van der Waals surface area contributed by atoms with Crippen LogP contribution in [0.25, 0.3) is 0 Å². The highest BCUT2D eigenvalue weighted by Crippen LogP contribution is 2.07. The van der Waals surface area contributed by atoms with Gasteiger partial charge >= 0.3 is 0 Å². The molecule has 118 valence electrons. The van der Waals surface area contributed by atoms with E-state index in [9.17, 15) is 13.2 Å². The molecule has 0 aliphatic heterocycles. The Morgan fingerprint density at radius 1 is 1.27 bits per heavy atom. The van der Waals surface area contributed by atoms with Gasteiger partial charge < -0.3 is 0 Å². The zero-order chi connectivity index (χ0) is 16.2. The summed E-state index contributed by atoms with van der Waals surface area (Å²) in [6.45, 7) is 3.99. The second-order valence-corrected chi connectivity index (χ2v) is 7.02. The first-order valence-electron chi connectivity index (χ1n) is 6.91. The van der Waals surface area contributed by atoms with Gasteiger partial charge in [0.1, 0.15) is 0 Å². The Morgan fingerprint density at radius 3 is 2.77 bits per heavy atom. The maximum atomic E-state index is 12.0. The Balaban J connectivity index is 1.95. The summed E-state index contributed by atoms with van der Waals surface area (Å²) in [5, 5.41) is 0. The molecule has 0 bridgehead atoms. The van der Waals surface area contributed by atoms with E-state index in [1.807, 2.05) is 25.1 Å². The Kier molecular flexibility index (Phi) is 5.10. The summed E-state index contributed by atoms with van der Waals surface area (Å²) in [7, 11) is -3.43. The van der Waals surface area contributed by atoms with Crippen LogP contribution in [0.3, 0.4) is 0 Å². The van der Waals surface area contributed by atoms with Crippen LogP contribution in [0.5, 0.6) is 0 Å². The van der Waals surface area contributed by atoms with E-state index in [1.54, 1.807) is 13.0 Å². The van der Waals surface area contributed by atoms with Crippen LogP contribution in [0, 0.1) is 13.8 Å². The van der Waals surface area contributed by atoms with Crippen LogP contribution in [0.15, 0.2) is 41.6 Å². The van der Waals surface area contributed by atoms with Crippen LogP contribution in [-0.4, -0.2) is 24.5 Å². The van der Waals surface area contributed by atoms with E-state index >= 15 is 0 Å². The van der Waals surface area contributed by atoms with E-state index in [-0.39, 0.29) is 24.4 Å². The Morgan fingerprint density at radius 2 is 2.05 bits per heavy atom. The molecule has 0 spiro atoms. The first-order valence-corrected chi connectivity index (χ1v) is 8.56. The summed E-state index contributed by atoms with van der Waals surface area (Å²) in [5.74, 6) is -0.0738. The molecule has 0 unspecified atom stereocenters. The van der Waals surface area contributed by atoms with E-state index in [2.05, 4.69) is 9.71 Å². The predicted octanol–water partition coefficient (Wildman–Crippen LogP) is 0.980. The first kappa shape index (κ1) is 16.4. The van der Waals surface area contributed by atoms with Crippen molar-refractivity contribution in [1.82, 2.24) is 14.3 Å². The number of nitrogens with one attached hydrogen (secondary N) is 1. The molecule has 1 heterocycles. The number of rotatable bonds is 6. The molecular formula is C15H19N3O3S. The Labute approximate surface area is 129 Å². The van der Waals surface area contributed by atoms with Gasteiger partial charge in [-0.1, -0.05) is 29.8 Å². The smallest absolute Gasteiger partial charge is 0.256 e. The molecule has 0 aliphatic carbocycles. The Bertz CT molecular complexity index is 813. The van der Waals surface area contributed by atoms with E-state index in [0.717, 1.165) is 11.1 Å². The van der Waals surface area contributed by atoms with E-state index < -0.39 is 10.0 Å². The minimum Gasteiger partial charge on any atom is -0.298 e. The predicted molar refractivity (Wildman–Crippen MR) is 85.0 cm³/mol. The van der Waals surface area contributed by atoms with Gasteiger partial charge in [-0.15, -0.1) is 0 Å². The number of benzene rings is 1. The second-order valence-electron chi connectivity index (χ2n) is 5.22. The van der Waals surface area contributed by atoms with Crippen LogP contribution in [0.2, 0.25) is 0 Å². The highest BCUT2D eigenvalue weighted by Gasteiger charge is 2.11. The fourth-order valence-electron chi connectivity index (χ4n) is 2.11. The zero-order valence-corrected chi connectivity index (χ0v) is 13.4. The molecular weight excluding hydrogens is 302 g/mol. The summed E-state index contributed by atoms with van der Waals surface area (Å²) in [5.41, 5.74) is 2.13. The summed E-state index contributed by atoms with van der Waals surface area (Å²) in [6.07, 6.45) is 2.89. The van der Waals surface area contributed by atoms with Gasteiger partial charge in [0.15, 0.2) is 0 Å². The topological polar surface area (TPSA) is 81.1 Å². The summed E-state index contributed by atoms with van der Waals surface area (Å²) >= 11 is 0. The minimum absolute atomic E-state index is 0.0738. The first-order chi connectivity index (χ1) is 10.4. The van der Waals surface area contributed by atoms with E-state index in [1.165, 1.54) is 17.1 Å². The van der Waals surface area contributed by atoms with Crippen molar-refractivity contribution in [3.05, 3.63) is 63.8 Å². The SMILES string of the molecule is Cc1cccc(CS(=O)(=O)NCCn2cncc(C)c2=O)c1. The number of hydrogen-bond acceptors (Lipinski definition) is 4. The summed E-state index contributed by atoms with van der Waals surface area (Å²) in [4.78, 5) is 15.7. The molecule has 0 atom stereocenters. The van der Waals surface area contributed by atoms with Crippen molar-refractivity contribution in [2.75, 3.05) is 6.54 Å². The highest BCUT2D eigenvalue weighted by atomic mass is 32.2. The molecule has 22 heavy (non-hydrogen) atoms. The van der Waals surface area contributed by atoms with E-state index in [4.69, 9.17) is 0 Å². The monoisotopic (exact) mass is 321 g/mol. The van der Waals surface area contributed by atoms with Crippen molar-refractivity contribution in [2.45, 2.75) is 26.1 Å². The molecule has 7 heteroatoms. The lowest BCUT2D eigenvalue weighted by Gasteiger charge is -2.09. The van der Waals surface area contributed by atoms with Crippen molar-refractivity contribution in [3.63, 3.8) is 0 Å². The van der Waals surface area contributed by atoms with Gasteiger partial charge in [0, 0.05) is 24.8 Å². The molecule has 0 radical (unpaired) electrons. The molecule has 1 N–H and O–H groups in total. The van der Waals surface area contributed by atoms with Crippen molar-refractivity contribution in [3.8, 4) is 0 Å². The number of aryl methyl sites for hydroxylation is 2. The fourth-order valence-corrected chi connectivity index (χ4v) is 3.24. The van der Waals surface area contributed by atoms with Gasteiger partial charge in [0.05, 0.1) is 12.1 Å². The number of nitrogens with zero attached hydrogens (tertiary/aromatic N) is 2. The average molecular weight is 321 g/mol. The van der Waals surface area contributed by atoms with Gasteiger partial charge in [-0.2, -0.15) is 0 Å².